The highest BCUT2D eigenvalue weighted by atomic mass is 19.4. The summed E-state index contributed by atoms with van der Waals surface area (Å²) in [5.41, 5.74) is 1.62. The summed E-state index contributed by atoms with van der Waals surface area (Å²) < 4.78 is 37.7. The first-order valence-corrected chi connectivity index (χ1v) is 13.1. The molecule has 0 unspecified atom stereocenters. The summed E-state index contributed by atoms with van der Waals surface area (Å²) in [4.78, 5) is 0. The standard InChI is InChI=1S/C28H43F3/c1-2-3-4-5-6-7-8-22-9-13-24(14-10-22)26-17-19-27(20-18-26)25-15-11-23(12-16-25)21-28(29,30)31/h11-12,15-16,22,24,26-27H,2-10,13-14,17-21H2,1H3/t22-,24-,26?,27?. The van der Waals surface area contributed by atoms with Crippen molar-refractivity contribution in [2.45, 2.75) is 122 Å². The number of hydrogen-bond acceptors (Lipinski definition) is 0. The third kappa shape index (κ3) is 8.46. The summed E-state index contributed by atoms with van der Waals surface area (Å²) in [5, 5.41) is 0. The number of alkyl halides is 3. The van der Waals surface area contributed by atoms with Gasteiger partial charge in [-0.3, -0.25) is 0 Å². The summed E-state index contributed by atoms with van der Waals surface area (Å²) in [5.74, 6) is 3.33. The lowest BCUT2D eigenvalue weighted by Gasteiger charge is -2.38. The lowest BCUT2D eigenvalue weighted by molar-refractivity contribution is -0.127. The van der Waals surface area contributed by atoms with Crippen LogP contribution < -0.4 is 0 Å². The van der Waals surface area contributed by atoms with Gasteiger partial charge in [-0.2, -0.15) is 13.2 Å². The molecule has 1 aromatic carbocycles. The van der Waals surface area contributed by atoms with Gasteiger partial charge >= 0.3 is 6.18 Å². The monoisotopic (exact) mass is 436 g/mol. The number of hydrogen-bond donors (Lipinski definition) is 0. The third-order valence-corrected chi connectivity index (χ3v) is 8.15. The molecule has 0 amide bonds. The predicted molar refractivity (Wildman–Crippen MR) is 124 cm³/mol. The first kappa shape index (κ1) is 24.6. The average Bonchev–Trinajstić information content (AvgIpc) is 2.76. The van der Waals surface area contributed by atoms with Crippen LogP contribution in [0.3, 0.4) is 0 Å². The molecule has 3 heteroatoms. The minimum absolute atomic E-state index is 0.377. The summed E-state index contributed by atoms with van der Waals surface area (Å²) in [6.07, 6.45) is 15.8. The maximum Gasteiger partial charge on any atom is 0.393 e. The lowest BCUT2D eigenvalue weighted by Crippen LogP contribution is -2.25. The van der Waals surface area contributed by atoms with E-state index in [1.165, 1.54) is 102 Å². The van der Waals surface area contributed by atoms with Gasteiger partial charge in [-0.1, -0.05) is 89.0 Å². The van der Waals surface area contributed by atoms with Crippen molar-refractivity contribution in [3.63, 3.8) is 0 Å². The van der Waals surface area contributed by atoms with Crippen molar-refractivity contribution in [1.82, 2.24) is 0 Å². The fourth-order valence-electron chi connectivity index (χ4n) is 6.22. The van der Waals surface area contributed by atoms with Crippen LogP contribution in [0, 0.1) is 17.8 Å². The highest BCUT2D eigenvalue weighted by Gasteiger charge is 2.31. The van der Waals surface area contributed by atoms with Gasteiger partial charge in [0.15, 0.2) is 0 Å². The van der Waals surface area contributed by atoms with Crippen molar-refractivity contribution >= 4 is 0 Å². The number of rotatable bonds is 10. The van der Waals surface area contributed by atoms with E-state index in [-0.39, 0.29) is 0 Å². The largest absolute Gasteiger partial charge is 0.393 e. The lowest BCUT2D eigenvalue weighted by atomic mass is 9.68. The molecule has 2 fully saturated rings. The van der Waals surface area contributed by atoms with Crippen LogP contribution in [0.5, 0.6) is 0 Å². The number of unbranched alkanes of at least 4 members (excludes halogenated alkanes) is 5. The Labute approximate surface area is 188 Å². The van der Waals surface area contributed by atoms with Crippen LogP contribution in [0.25, 0.3) is 0 Å². The molecule has 2 aliphatic carbocycles. The summed E-state index contributed by atoms with van der Waals surface area (Å²) in [7, 11) is 0. The van der Waals surface area contributed by atoms with E-state index in [4.69, 9.17) is 0 Å². The minimum atomic E-state index is -4.12. The van der Waals surface area contributed by atoms with E-state index in [0.717, 1.165) is 17.8 Å². The highest BCUT2D eigenvalue weighted by molar-refractivity contribution is 5.26. The van der Waals surface area contributed by atoms with E-state index in [9.17, 15) is 13.2 Å². The molecular formula is C28H43F3. The molecule has 3 rings (SSSR count). The van der Waals surface area contributed by atoms with Crippen molar-refractivity contribution in [1.29, 1.82) is 0 Å². The SMILES string of the molecule is CCCCCCCC[C@H]1CC[C@H](C2CCC(c3ccc(CC(F)(F)F)cc3)CC2)CC1. The van der Waals surface area contributed by atoms with Gasteiger partial charge in [0.05, 0.1) is 6.42 Å². The van der Waals surface area contributed by atoms with Crippen molar-refractivity contribution < 1.29 is 13.2 Å². The second-order valence-corrected chi connectivity index (χ2v) is 10.5. The first-order valence-electron chi connectivity index (χ1n) is 13.1. The van der Waals surface area contributed by atoms with Crippen LogP contribution in [0.15, 0.2) is 24.3 Å². The molecule has 31 heavy (non-hydrogen) atoms. The summed E-state index contributed by atoms with van der Waals surface area (Å²) >= 11 is 0. The normalized spacial score (nSPS) is 27.4. The van der Waals surface area contributed by atoms with Crippen LogP contribution in [0.4, 0.5) is 13.2 Å². The molecule has 2 saturated carbocycles. The van der Waals surface area contributed by atoms with E-state index in [1.54, 1.807) is 12.1 Å². The van der Waals surface area contributed by atoms with E-state index < -0.39 is 12.6 Å². The Balaban J connectivity index is 1.33. The van der Waals surface area contributed by atoms with Crippen LogP contribution in [-0.2, 0) is 6.42 Å². The molecule has 0 radical (unpaired) electrons. The first-order chi connectivity index (χ1) is 14.9. The van der Waals surface area contributed by atoms with Crippen molar-refractivity contribution in [2.24, 2.45) is 17.8 Å². The molecule has 1 aromatic rings. The Hall–Kier alpha value is -0.990. The van der Waals surface area contributed by atoms with Crippen LogP contribution in [-0.4, -0.2) is 6.18 Å². The van der Waals surface area contributed by atoms with Gasteiger partial charge in [0.1, 0.15) is 0 Å². The molecule has 176 valence electrons. The minimum Gasteiger partial charge on any atom is -0.171 e. The zero-order valence-corrected chi connectivity index (χ0v) is 19.6. The van der Waals surface area contributed by atoms with E-state index >= 15 is 0 Å². The van der Waals surface area contributed by atoms with Gasteiger partial charge in [-0.25, -0.2) is 0 Å². The zero-order chi connectivity index (χ0) is 22.1. The Morgan fingerprint density at radius 2 is 1.26 bits per heavy atom. The topological polar surface area (TPSA) is 0 Å². The number of benzene rings is 1. The van der Waals surface area contributed by atoms with E-state index in [0.29, 0.717) is 11.5 Å². The van der Waals surface area contributed by atoms with Gasteiger partial charge < -0.3 is 0 Å². The molecular weight excluding hydrogens is 393 g/mol. The predicted octanol–water partition coefficient (Wildman–Crippen LogP) is 9.62. The molecule has 0 bridgehead atoms. The second-order valence-electron chi connectivity index (χ2n) is 10.5. The Bertz CT molecular complexity index is 602. The number of halogens is 3. The van der Waals surface area contributed by atoms with Crippen molar-refractivity contribution in [2.75, 3.05) is 0 Å². The Morgan fingerprint density at radius 1 is 0.710 bits per heavy atom. The van der Waals surface area contributed by atoms with Crippen molar-refractivity contribution in [3.05, 3.63) is 35.4 Å². The molecule has 0 N–H and O–H groups in total. The average molecular weight is 437 g/mol. The molecule has 0 saturated heterocycles. The molecule has 0 spiro atoms. The summed E-state index contributed by atoms with van der Waals surface area (Å²) in [6, 6.07) is 7.25. The molecule has 2 aliphatic rings. The maximum absolute atomic E-state index is 12.6. The zero-order valence-electron chi connectivity index (χ0n) is 19.6. The molecule has 0 atom stereocenters. The highest BCUT2D eigenvalue weighted by Crippen LogP contribution is 2.44. The maximum atomic E-state index is 12.6. The van der Waals surface area contributed by atoms with Crippen LogP contribution in [0.1, 0.15) is 120 Å². The second kappa shape index (κ2) is 12.3. The van der Waals surface area contributed by atoms with Crippen LogP contribution in [0.2, 0.25) is 0 Å². The Kier molecular flexibility index (Phi) is 9.78. The van der Waals surface area contributed by atoms with Gasteiger partial charge in [0.2, 0.25) is 0 Å². The third-order valence-electron chi connectivity index (χ3n) is 8.15. The fraction of sp³-hybridized carbons (Fsp3) is 0.786. The molecule has 0 nitrogen and oxygen atoms in total. The smallest absolute Gasteiger partial charge is 0.171 e. The van der Waals surface area contributed by atoms with Crippen LogP contribution >= 0.6 is 0 Å². The quantitative estimate of drug-likeness (QED) is 0.320. The van der Waals surface area contributed by atoms with Gasteiger partial charge in [0, 0.05) is 0 Å². The molecule has 0 aromatic heterocycles. The van der Waals surface area contributed by atoms with Gasteiger partial charge in [-0.05, 0) is 73.3 Å². The van der Waals surface area contributed by atoms with Crippen molar-refractivity contribution in [3.8, 4) is 0 Å². The fourth-order valence-corrected chi connectivity index (χ4v) is 6.22. The molecule has 0 heterocycles. The van der Waals surface area contributed by atoms with Gasteiger partial charge in [-0.15, -0.1) is 0 Å². The van der Waals surface area contributed by atoms with E-state index in [2.05, 4.69) is 6.92 Å². The summed E-state index contributed by atoms with van der Waals surface area (Å²) in [6.45, 7) is 2.28. The van der Waals surface area contributed by atoms with E-state index in [1.807, 2.05) is 12.1 Å². The Morgan fingerprint density at radius 3 is 1.84 bits per heavy atom. The molecule has 0 aliphatic heterocycles. The van der Waals surface area contributed by atoms with Gasteiger partial charge in [0.25, 0.3) is 0 Å².